The van der Waals surface area contributed by atoms with Crippen LogP contribution in [0.15, 0.2) is 71.8 Å². The fourth-order valence-electron chi connectivity index (χ4n) is 3.74. The first-order valence-corrected chi connectivity index (χ1v) is 11.2. The number of ether oxygens (including phenoxy) is 1. The fourth-order valence-corrected chi connectivity index (χ4v) is 4.56. The highest BCUT2D eigenvalue weighted by molar-refractivity contribution is 8.02. The van der Waals surface area contributed by atoms with Crippen molar-refractivity contribution in [1.29, 1.82) is 0 Å². The number of nitrogens with one attached hydrogen (secondary N) is 2. The zero-order valence-corrected chi connectivity index (χ0v) is 17.2. The number of hydrogen-bond donors (Lipinski definition) is 2. The topological polar surface area (TPSA) is 53.6 Å². The van der Waals surface area contributed by atoms with Crippen molar-refractivity contribution in [2.45, 2.75) is 44.4 Å². The van der Waals surface area contributed by atoms with Gasteiger partial charge in [0.05, 0.1) is 30.3 Å². The predicted octanol–water partition coefficient (Wildman–Crippen LogP) is 4.51. The number of anilines is 1. The number of thioether (sulfide) groups is 1. The lowest BCUT2D eigenvalue weighted by Gasteiger charge is -2.33. The number of amides is 1. The zero-order chi connectivity index (χ0) is 19.9. The van der Waals surface area contributed by atoms with Crippen molar-refractivity contribution in [1.82, 2.24) is 10.3 Å². The number of para-hydroxylation sites is 1. The summed E-state index contributed by atoms with van der Waals surface area (Å²) in [5.74, 6) is 0.662. The Morgan fingerprint density at radius 2 is 1.76 bits per heavy atom. The molecule has 29 heavy (non-hydrogen) atoms. The smallest absolute Gasteiger partial charge is 0.270 e. The lowest BCUT2D eigenvalue weighted by atomic mass is 9.92. The van der Waals surface area contributed by atoms with Crippen molar-refractivity contribution in [3.63, 3.8) is 0 Å². The van der Waals surface area contributed by atoms with Crippen LogP contribution in [-0.2, 0) is 16.1 Å². The molecule has 4 rings (SSSR count). The Morgan fingerprint density at radius 3 is 2.55 bits per heavy atom. The van der Waals surface area contributed by atoms with Gasteiger partial charge in [0.1, 0.15) is 5.70 Å². The van der Waals surface area contributed by atoms with Gasteiger partial charge in [-0.15, -0.1) is 11.8 Å². The minimum Gasteiger partial charge on any atom is -0.371 e. The molecule has 1 amide bonds. The van der Waals surface area contributed by atoms with Crippen LogP contribution in [-0.4, -0.2) is 28.9 Å². The van der Waals surface area contributed by atoms with Gasteiger partial charge >= 0.3 is 0 Å². The second kappa shape index (κ2) is 9.85. The summed E-state index contributed by atoms with van der Waals surface area (Å²) in [5.41, 5.74) is 6.11. The second-order valence-electron chi connectivity index (χ2n) is 7.40. The highest BCUT2D eigenvalue weighted by Crippen LogP contribution is 2.26. The summed E-state index contributed by atoms with van der Waals surface area (Å²) in [6.07, 6.45) is 4.26. The highest BCUT2D eigenvalue weighted by atomic mass is 32.2. The Labute approximate surface area is 176 Å². The van der Waals surface area contributed by atoms with E-state index in [0.717, 1.165) is 36.9 Å². The molecule has 152 valence electrons. The van der Waals surface area contributed by atoms with E-state index >= 15 is 0 Å². The summed E-state index contributed by atoms with van der Waals surface area (Å²) < 4.78 is 6.20. The molecule has 1 heterocycles. The van der Waals surface area contributed by atoms with Crippen LogP contribution in [0.3, 0.4) is 0 Å². The molecular weight excluding hydrogens is 382 g/mol. The molecule has 5 nitrogen and oxygen atoms in total. The molecular formula is C23H27N3O2S. The van der Waals surface area contributed by atoms with Crippen LogP contribution >= 0.6 is 11.8 Å². The Morgan fingerprint density at radius 1 is 1.03 bits per heavy atom. The van der Waals surface area contributed by atoms with Crippen molar-refractivity contribution in [2.24, 2.45) is 0 Å². The number of carbonyl (C=O) groups is 1. The molecule has 0 unspecified atom stereocenters. The van der Waals surface area contributed by atoms with Gasteiger partial charge in [0, 0.05) is 5.41 Å². The SMILES string of the molecule is O=C(N[C@H]1CCCC[C@@H]1OCc1ccccc1)C1=CSCN1Nc1ccccc1. The maximum absolute atomic E-state index is 13.0. The zero-order valence-electron chi connectivity index (χ0n) is 16.4. The third-order valence-electron chi connectivity index (χ3n) is 5.29. The van der Waals surface area contributed by atoms with Gasteiger partial charge in [-0.3, -0.25) is 15.2 Å². The minimum atomic E-state index is -0.0429. The second-order valence-corrected chi connectivity index (χ2v) is 8.23. The first-order chi connectivity index (χ1) is 14.3. The summed E-state index contributed by atoms with van der Waals surface area (Å²) in [6, 6.07) is 20.2. The quantitative estimate of drug-likeness (QED) is 0.705. The monoisotopic (exact) mass is 409 g/mol. The van der Waals surface area contributed by atoms with E-state index in [1.807, 2.05) is 58.9 Å². The van der Waals surface area contributed by atoms with Gasteiger partial charge in [0.15, 0.2) is 0 Å². The molecule has 1 aliphatic carbocycles. The van der Waals surface area contributed by atoms with Gasteiger partial charge in [-0.25, -0.2) is 0 Å². The van der Waals surface area contributed by atoms with Crippen LogP contribution in [0.25, 0.3) is 0 Å². The average molecular weight is 410 g/mol. The molecule has 2 aliphatic rings. The molecule has 0 saturated heterocycles. The van der Waals surface area contributed by atoms with E-state index < -0.39 is 0 Å². The van der Waals surface area contributed by atoms with Crippen molar-refractivity contribution in [3.05, 3.63) is 77.3 Å². The van der Waals surface area contributed by atoms with E-state index in [1.165, 1.54) is 0 Å². The average Bonchev–Trinajstić information content (AvgIpc) is 3.23. The van der Waals surface area contributed by atoms with Crippen molar-refractivity contribution in [2.75, 3.05) is 11.3 Å². The number of carbonyl (C=O) groups excluding carboxylic acids is 1. The van der Waals surface area contributed by atoms with Gasteiger partial charge in [-0.1, -0.05) is 61.4 Å². The lowest BCUT2D eigenvalue weighted by molar-refractivity contribution is -0.121. The van der Waals surface area contributed by atoms with Crippen LogP contribution in [0.5, 0.6) is 0 Å². The van der Waals surface area contributed by atoms with Crippen LogP contribution < -0.4 is 10.7 Å². The number of hydrazine groups is 1. The third-order valence-corrected chi connectivity index (χ3v) is 6.08. The number of benzene rings is 2. The predicted molar refractivity (Wildman–Crippen MR) is 118 cm³/mol. The molecule has 0 aromatic heterocycles. The van der Waals surface area contributed by atoms with Gasteiger partial charge in [-0.05, 0) is 30.5 Å². The molecule has 1 fully saturated rings. The van der Waals surface area contributed by atoms with Crippen molar-refractivity contribution >= 4 is 23.4 Å². The standard InChI is InChI=1S/C23H27N3O2S/c27-23(21-16-29-17-26(21)25-19-11-5-2-6-12-19)24-20-13-7-8-14-22(20)28-15-18-9-3-1-4-10-18/h1-6,9-12,16,20,22,25H,7-8,13-15,17H2,(H,24,27)/t20-,22-/m0/s1. The first-order valence-electron chi connectivity index (χ1n) is 10.2. The Bertz CT molecular complexity index is 829. The van der Waals surface area contributed by atoms with E-state index in [2.05, 4.69) is 22.9 Å². The number of rotatable bonds is 7. The molecule has 2 N–H and O–H groups in total. The molecule has 2 aromatic rings. The van der Waals surface area contributed by atoms with Gasteiger partial charge < -0.3 is 10.1 Å². The van der Waals surface area contributed by atoms with Crippen LogP contribution in [0.2, 0.25) is 0 Å². The summed E-state index contributed by atoms with van der Waals surface area (Å²) in [6.45, 7) is 0.581. The van der Waals surface area contributed by atoms with Crippen molar-refractivity contribution < 1.29 is 9.53 Å². The molecule has 2 atom stereocenters. The van der Waals surface area contributed by atoms with E-state index in [4.69, 9.17) is 4.74 Å². The molecule has 0 radical (unpaired) electrons. The van der Waals surface area contributed by atoms with Crippen LogP contribution in [0.1, 0.15) is 31.2 Å². The molecule has 1 saturated carbocycles. The first kappa shape index (κ1) is 19.9. The summed E-state index contributed by atoms with van der Waals surface area (Å²) in [5, 5.41) is 7.06. The lowest BCUT2D eigenvalue weighted by Crippen LogP contribution is -2.48. The Hall–Kier alpha value is -2.44. The largest absolute Gasteiger partial charge is 0.371 e. The van der Waals surface area contributed by atoms with Gasteiger partial charge in [0.2, 0.25) is 0 Å². The van der Waals surface area contributed by atoms with E-state index in [-0.39, 0.29) is 18.1 Å². The van der Waals surface area contributed by atoms with Gasteiger partial charge in [-0.2, -0.15) is 0 Å². The number of hydrogen-bond acceptors (Lipinski definition) is 5. The molecule has 1 aliphatic heterocycles. The van der Waals surface area contributed by atoms with E-state index in [1.54, 1.807) is 11.8 Å². The molecule has 0 bridgehead atoms. The van der Waals surface area contributed by atoms with E-state index in [0.29, 0.717) is 18.2 Å². The fraction of sp³-hybridized carbons (Fsp3) is 0.348. The summed E-state index contributed by atoms with van der Waals surface area (Å²) in [7, 11) is 0. The van der Waals surface area contributed by atoms with Gasteiger partial charge in [0.25, 0.3) is 5.91 Å². The number of nitrogens with zero attached hydrogens (tertiary/aromatic N) is 1. The third kappa shape index (κ3) is 5.34. The minimum absolute atomic E-state index is 0.0429. The normalized spacial score (nSPS) is 21.5. The Kier molecular flexibility index (Phi) is 6.75. The molecule has 6 heteroatoms. The maximum atomic E-state index is 13.0. The van der Waals surface area contributed by atoms with Crippen LogP contribution in [0, 0.1) is 0 Å². The maximum Gasteiger partial charge on any atom is 0.270 e. The summed E-state index contributed by atoms with van der Waals surface area (Å²) >= 11 is 1.62. The molecule has 0 spiro atoms. The highest BCUT2D eigenvalue weighted by Gasteiger charge is 2.30. The summed E-state index contributed by atoms with van der Waals surface area (Å²) in [4.78, 5) is 13.0. The van der Waals surface area contributed by atoms with E-state index in [9.17, 15) is 4.79 Å². The van der Waals surface area contributed by atoms with Crippen LogP contribution in [0.4, 0.5) is 5.69 Å². The Balaban J connectivity index is 1.35. The van der Waals surface area contributed by atoms with Crippen molar-refractivity contribution in [3.8, 4) is 0 Å². The molecule has 2 aromatic carbocycles.